The highest BCUT2D eigenvalue weighted by molar-refractivity contribution is 5.31. The third-order valence-corrected chi connectivity index (χ3v) is 5.48. The Hall–Kier alpha value is -1.06. The minimum Gasteiger partial charge on any atom is -0.497 e. The third kappa shape index (κ3) is 2.69. The first-order chi connectivity index (χ1) is 10.3. The van der Waals surface area contributed by atoms with Gasteiger partial charge in [0.05, 0.1) is 13.2 Å². The normalized spacial score (nSPS) is 23.3. The average Bonchev–Trinajstić information content (AvgIpc) is 3.21. The number of nitrogens with zero attached hydrogens (tertiary/aromatic N) is 1. The van der Waals surface area contributed by atoms with Crippen molar-refractivity contribution in [2.75, 3.05) is 27.2 Å². The number of nitrogens with one attached hydrogen (secondary N) is 1. The van der Waals surface area contributed by atoms with E-state index in [2.05, 4.69) is 41.5 Å². The van der Waals surface area contributed by atoms with Crippen molar-refractivity contribution in [3.8, 4) is 5.75 Å². The number of methoxy groups -OCH3 is 1. The second-order valence-electron chi connectivity index (χ2n) is 6.50. The number of hydrogen-bond acceptors (Lipinski definition) is 3. The summed E-state index contributed by atoms with van der Waals surface area (Å²) in [6, 6.07) is 9.06. The summed E-state index contributed by atoms with van der Waals surface area (Å²) in [5.74, 6) is 0.940. The molecule has 1 aliphatic heterocycles. The van der Waals surface area contributed by atoms with E-state index in [4.69, 9.17) is 4.74 Å². The zero-order valence-electron chi connectivity index (χ0n) is 13.4. The van der Waals surface area contributed by atoms with Crippen molar-refractivity contribution >= 4 is 0 Å². The van der Waals surface area contributed by atoms with Crippen molar-refractivity contribution < 1.29 is 4.74 Å². The van der Waals surface area contributed by atoms with Crippen molar-refractivity contribution in [1.29, 1.82) is 0 Å². The van der Waals surface area contributed by atoms with Gasteiger partial charge in [0.15, 0.2) is 0 Å². The standard InChI is InChI=1S/C18H28N2O/c1-19-17(15-7-9-16(21-2)10-8-15)18(11-3-4-12-18)20-13-5-6-14-20/h7-10,17,19H,3-6,11-14H2,1-2H3. The molecule has 1 aromatic rings. The topological polar surface area (TPSA) is 24.5 Å². The van der Waals surface area contributed by atoms with Crippen molar-refractivity contribution in [2.45, 2.75) is 50.1 Å². The molecule has 0 amide bonds. The third-order valence-electron chi connectivity index (χ3n) is 5.48. The molecule has 3 nitrogen and oxygen atoms in total. The number of benzene rings is 1. The summed E-state index contributed by atoms with van der Waals surface area (Å²) in [5, 5.41) is 3.63. The van der Waals surface area contributed by atoms with E-state index in [0.29, 0.717) is 11.6 Å². The van der Waals surface area contributed by atoms with E-state index in [1.807, 2.05) is 0 Å². The van der Waals surface area contributed by atoms with Crippen LogP contribution in [0.15, 0.2) is 24.3 Å². The van der Waals surface area contributed by atoms with Crippen LogP contribution in [0, 0.1) is 0 Å². The Balaban J connectivity index is 1.90. The van der Waals surface area contributed by atoms with Gasteiger partial charge in [0, 0.05) is 5.54 Å². The predicted octanol–water partition coefficient (Wildman–Crippen LogP) is 3.36. The largest absolute Gasteiger partial charge is 0.497 e. The highest BCUT2D eigenvalue weighted by atomic mass is 16.5. The Labute approximate surface area is 128 Å². The van der Waals surface area contributed by atoms with Gasteiger partial charge in [-0.25, -0.2) is 0 Å². The van der Waals surface area contributed by atoms with Crippen LogP contribution >= 0.6 is 0 Å². The zero-order valence-corrected chi connectivity index (χ0v) is 13.4. The van der Waals surface area contributed by atoms with Gasteiger partial charge >= 0.3 is 0 Å². The first kappa shape index (κ1) is 14.9. The van der Waals surface area contributed by atoms with E-state index in [1.54, 1.807) is 7.11 Å². The molecule has 1 saturated carbocycles. The van der Waals surface area contributed by atoms with Crippen LogP contribution in [-0.2, 0) is 0 Å². The lowest BCUT2D eigenvalue weighted by Gasteiger charge is -2.45. The summed E-state index contributed by atoms with van der Waals surface area (Å²) in [6.45, 7) is 2.54. The molecule has 0 bridgehead atoms. The first-order valence-corrected chi connectivity index (χ1v) is 8.36. The number of ether oxygens (including phenoxy) is 1. The van der Waals surface area contributed by atoms with E-state index in [1.165, 1.54) is 57.2 Å². The summed E-state index contributed by atoms with van der Waals surface area (Å²) in [7, 11) is 3.85. The van der Waals surface area contributed by atoms with Gasteiger partial charge in [-0.2, -0.15) is 0 Å². The Morgan fingerprint density at radius 1 is 1.05 bits per heavy atom. The molecule has 0 spiro atoms. The van der Waals surface area contributed by atoms with E-state index in [-0.39, 0.29) is 0 Å². The summed E-state index contributed by atoms with van der Waals surface area (Å²) < 4.78 is 5.30. The van der Waals surface area contributed by atoms with Crippen molar-refractivity contribution in [3.05, 3.63) is 29.8 Å². The monoisotopic (exact) mass is 288 g/mol. The van der Waals surface area contributed by atoms with Crippen LogP contribution < -0.4 is 10.1 Å². The predicted molar refractivity (Wildman–Crippen MR) is 86.8 cm³/mol. The maximum atomic E-state index is 5.30. The maximum absolute atomic E-state index is 5.30. The van der Waals surface area contributed by atoms with Gasteiger partial charge in [-0.15, -0.1) is 0 Å². The number of likely N-dealkylation sites (N-methyl/N-ethyl adjacent to an activating group) is 1. The Morgan fingerprint density at radius 2 is 1.67 bits per heavy atom. The van der Waals surface area contributed by atoms with Crippen LogP contribution in [0.25, 0.3) is 0 Å². The van der Waals surface area contributed by atoms with Crippen LogP contribution in [0.4, 0.5) is 0 Å². The minimum atomic E-state index is 0.319. The second-order valence-corrected chi connectivity index (χ2v) is 6.50. The fourth-order valence-corrected chi connectivity index (χ4v) is 4.48. The highest BCUT2D eigenvalue weighted by Crippen LogP contribution is 2.45. The number of likely N-dealkylation sites (tertiary alicyclic amines) is 1. The smallest absolute Gasteiger partial charge is 0.118 e. The SMILES string of the molecule is CNC(c1ccc(OC)cc1)C1(N2CCCC2)CCCC1. The van der Waals surface area contributed by atoms with Gasteiger partial charge in [0.1, 0.15) is 5.75 Å². The molecule has 0 aromatic heterocycles. The summed E-state index contributed by atoms with van der Waals surface area (Å²) in [5.41, 5.74) is 1.71. The van der Waals surface area contributed by atoms with Crippen LogP contribution in [0.1, 0.15) is 50.1 Å². The van der Waals surface area contributed by atoms with Gasteiger partial charge in [0.25, 0.3) is 0 Å². The van der Waals surface area contributed by atoms with Crippen LogP contribution in [0.2, 0.25) is 0 Å². The van der Waals surface area contributed by atoms with Gasteiger partial charge < -0.3 is 10.1 Å². The summed E-state index contributed by atoms with van der Waals surface area (Å²) >= 11 is 0. The number of rotatable bonds is 5. The lowest BCUT2D eigenvalue weighted by molar-refractivity contribution is 0.0796. The molecule has 1 heterocycles. The average molecular weight is 288 g/mol. The zero-order chi connectivity index (χ0) is 14.7. The molecule has 3 rings (SSSR count). The van der Waals surface area contributed by atoms with Gasteiger partial charge in [0.2, 0.25) is 0 Å². The Morgan fingerprint density at radius 3 is 2.19 bits per heavy atom. The van der Waals surface area contributed by atoms with Crippen molar-refractivity contribution in [3.63, 3.8) is 0 Å². The van der Waals surface area contributed by atoms with Gasteiger partial charge in [-0.05, 0) is 63.5 Å². The molecule has 116 valence electrons. The molecule has 3 heteroatoms. The fraction of sp³-hybridized carbons (Fsp3) is 0.667. The molecular formula is C18H28N2O. The molecule has 0 radical (unpaired) electrons. The molecular weight excluding hydrogens is 260 g/mol. The Bertz CT molecular complexity index is 445. The van der Waals surface area contributed by atoms with Gasteiger partial charge in [-0.3, -0.25) is 4.90 Å². The van der Waals surface area contributed by atoms with Gasteiger partial charge in [-0.1, -0.05) is 25.0 Å². The van der Waals surface area contributed by atoms with Crippen molar-refractivity contribution in [2.24, 2.45) is 0 Å². The highest BCUT2D eigenvalue weighted by Gasteiger charge is 2.46. The first-order valence-electron chi connectivity index (χ1n) is 8.36. The van der Waals surface area contributed by atoms with Crippen LogP contribution in [0.5, 0.6) is 5.75 Å². The number of hydrogen-bond donors (Lipinski definition) is 1. The van der Waals surface area contributed by atoms with E-state index in [0.717, 1.165) is 5.75 Å². The second kappa shape index (κ2) is 6.37. The lowest BCUT2D eigenvalue weighted by atomic mass is 9.82. The fourth-order valence-electron chi connectivity index (χ4n) is 4.48. The molecule has 1 unspecified atom stereocenters. The molecule has 1 atom stereocenters. The lowest BCUT2D eigenvalue weighted by Crippen LogP contribution is -2.53. The van der Waals surface area contributed by atoms with E-state index in [9.17, 15) is 0 Å². The molecule has 2 aliphatic rings. The molecule has 1 saturated heterocycles. The summed E-state index contributed by atoms with van der Waals surface area (Å²) in [4.78, 5) is 2.77. The molecule has 1 aliphatic carbocycles. The molecule has 1 aromatic carbocycles. The molecule has 1 N–H and O–H groups in total. The van der Waals surface area contributed by atoms with E-state index < -0.39 is 0 Å². The molecule has 2 fully saturated rings. The maximum Gasteiger partial charge on any atom is 0.118 e. The quantitative estimate of drug-likeness (QED) is 0.899. The van der Waals surface area contributed by atoms with E-state index >= 15 is 0 Å². The van der Waals surface area contributed by atoms with Crippen LogP contribution in [-0.4, -0.2) is 37.7 Å². The summed E-state index contributed by atoms with van der Waals surface area (Å²) in [6.07, 6.45) is 8.10. The minimum absolute atomic E-state index is 0.319. The van der Waals surface area contributed by atoms with Crippen molar-refractivity contribution in [1.82, 2.24) is 10.2 Å². The van der Waals surface area contributed by atoms with Crippen LogP contribution in [0.3, 0.4) is 0 Å². The molecule has 21 heavy (non-hydrogen) atoms. The Kier molecular flexibility index (Phi) is 4.51.